The fourth-order valence-corrected chi connectivity index (χ4v) is 4.21. The van der Waals surface area contributed by atoms with Crippen molar-refractivity contribution >= 4 is 34.1 Å². The Hall–Kier alpha value is -2.87. The van der Waals surface area contributed by atoms with Gasteiger partial charge in [0.1, 0.15) is 11.5 Å². The van der Waals surface area contributed by atoms with E-state index in [1.54, 1.807) is 11.8 Å². The number of hydrogen-bond acceptors (Lipinski definition) is 5. The van der Waals surface area contributed by atoms with E-state index >= 15 is 0 Å². The predicted molar refractivity (Wildman–Crippen MR) is 108 cm³/mol. The Kier molecular flexibility index (Phi) is 5.29. The molecule has 1 saturated heterocycles. The lowest BCUT2D eigenvalue weighted by molar-refractivity contribution is -0.121. The topological polar surface area (TPSA) is 75.9 Å². The Morgan fingerprint density at radius 2 is 2.14 bits per heavy atom. The molecule has 0 bridgehead atoms. The number of fused-ring (bicyclic) bond motifs is 1. The van der Waals surface area contributed by atoms with E-state index in [0.29, 0.717) is 25.5 Å². The van der Waals surface area contributed by atoms with Crippen molar-refractivity contribution in [2.45, 2.75) is 19.8 Å². The van der Waals surface area contributed by atoms with E-state index in [0.717, 1.165) is 29.1 Å². The van der Waals surface area contributed by atoms with Crippen LogP contribution in [0.5, 0.6) is 0 Å². The van der Waals surface area contributed by atoms with Crippen LogP contribution in [0, 0.1) is 5.92 Å². The van der Waals surface area contributed by atoms with Gasteiger partial charge in [-0.2, -0.15) is 0 Å². The van der Waals surface area contributed by atoms with Crippen LogP contribution in [-0.4, -0.2) is 46.0 Å². The van der Waals surface area contributed by atoms with E-state index in [1.165, 1.54) is 11.3 Å². The molecule has 1 N–H and O–H groups in total. The summed E-state index contributed by atoms with van der Waals surface area (Å²) in [5, 5.41) is 5.01. The molecular formula is C20H22N4O3S. The molecule has 146 valence electrons. The number of carbonyl (C=O) groups is 2. The van der Waals surface area contributed by atoms with Crippen LogP contribution in [0.25, 0.3) is 16.2 Å². The highest BCUT2D eigenvalue weighted by Crippen LogP contribution is 2.31. The van der Waals surface area contributed by atoms with Crippen molar-refractivity contribution in [1.82, 2.24) is 14.3 Å². The molecule has 28 heavy (non-hydrogen) atoms. The van der Waals surface area contributed by atoms with Crippen LogP contribution in [-0.2, 0) is 9.53 Å². The molecule has 1 aliphatic rings. The molecule has 8 heteroatoms. The van der Waals surface area contributed by atoms with E-state index in [1.807, 2.05) is 46.3 Å². The third kappa shape index (κ3) is 3.60. The van der Waals surface area contributed by atoms with Crippen molar-refractivity contribution in [3.8, 4) is 11.3 Å². The summed E-state index contributed by atoms with van der Waals surface area (Å²) in [4.78, 5) is 32.2. The molecule has 1 fully saturated rings. The molecule has 1 atom stereocenters. The van der Waals surface area contributed by atoms with Crippen molar-refractivity contribution in [2.75, 3.05) is 25.0 Å². The lowest BCUT2D eigenvalue weighted by Gasteiger charge is -2.31. The fourth-order valence-electron chi connectivity index (χ4n) is 3.49. The number of carbonyl (C=O) groups excluding carboxylic acids is 2. The van der Waals surface area contributed by atoms with Gasteiger partial charge in [0, 0.05) is 30.2 Å². The van der Waals surface area contributed by atoms with Gasteiger partial charge in [-0.05, 0) is 19.8 Å². The Bertz CT molecular complexity index is 982. The number of rotatable bonds is 4. The third-order valence-electron chi connectivity index (χ3n) is 4.87. The van der Waals surface area contributed by atoms with Crippen molar-refractivity contribution in [3.63, 3.8) is 0 Å². The maximum Gasteiger partial charge on any atom is 0.409 e. The molecule has 2 aromatic heterocycles. The van der Waals surface area contributed by atoms with Crippen molar-refractivity contribution in [1.29, 1.82) is 0 Å². The van der Waals surface area contributed by atoms with Gasteiger partial charge in [-0.25, -0.2) is 9.78 Å². The van der Waals surface area contributed by atoms with Crippen LogP contribution in [0.1, 0.15) is 19.8 Å². The van der Waals surface area contributed by atoms with Crippen molar-refractivity contribution in [3.05, 3.63) is 41.9 Å². The van der Waals surface area contributed by atoms with Gasteiger partial charge in [0.2, 0.25) is 5.91 Å². The van der Waals surface area contributed by atoms with E-state index in [2.05, 4.69) is 5.32 Å². The second-order valence-electron chi connectivity index (χ2n) is 6.70. The minimum Gasteiger partial charge on any atom is -0.450 e. The monoisotopic (exact) mass is 398 g/mol. The Morgan fingerprint density at radius 1 is 1.32 bits per heavy atom. The van der Waals surface area contributed by atoms with Crippen LogP contribution in [0.4, 0.5) is 10.6 Å². The Labute approximate surface area is 166 Å². The lowest BCUT2D eigenvalue weighted by Crippen LogP contribution is -2.44. The summed E-state index contributed by atoms with van der Waals surface area (Å²) in [5.74, 6) is 0.297. The zero-order chi connectivity index (χ0) is 19.5. The van der Waals surface area contributed by atoms with Crippen LogP contribution in [0.2, 0.25) is 0 Å². The maximum atomic E-state index is 13.0. The normalized spacial score (nSPS) is 16.9. The van der Waals surface area contributed by atoms with Crippen molar-refractivity contribution < 1.29 is 14.3 Å². The summed E-state index contributed by atoms with van der Waals surface area (Å²) >= 11 is 1.52. The molecule has 7 nitrogen and oxygen atoms in total. The summed E-state index contributed by atoms with van der Waals surface area (Å²) in [7, 11) is 0. The zero-order valence-corrected chi connectivity index (χ0v) is 16.4. The molecular weight excluding hydrogens is 376 g/mol. The summed E-state index contributed by atoms with van der Waals surface area (Å²) < 4.78 is 6.98. The number of aromatic nitrogens is 2. The van der Waals surface area contributed by atoms with E-state index in [4.69, 9.17) is 9.72 Å². The minimum atomic E-state index is -0.352. The van der Waals surface area contributed by atoms with Crippen molar-refractivity contribution in [2.24, 2.45) is 5.92 Å². The van der Waals surface area contributed by atoms with Gasteiger partial charge in [-0.1, -0.05) is 30.3 Å². The van der Waals surface area contributed by atoms with Gasteiger partial charge in [0.25, 0.3) is 0 Å². The predicted octanol–water partition coefficient (Wildman–Crippen LogP) is 3.87. The first-order chi connectivity index (χ1) is 13.7. The van der Waals surface area contributed by atoms with E-state index in [9.17, 15) is 9.59 Å². The molecule has 0 spiro atoms. The molecule has 0 saturated carbocycles. The number of nitrogens with one attached hydrogen (secondary N) is 1. The quantitative estimate of drug-likeness (QED) is 0.724. The molecule has 0 aliphatic carbocycles. The zero-order valence-electron chi connectivity index (χ0n) is 15.6. The van der Waals surface area contributed by atoms with Crippen LogP contribution >= 0.6 is 11.3 Å². The molecule has 4 rings (SSSR count). The standard InChI is InChI=1S/C20H22N4O3S/c1-2-27-20(26)23-10-6-9-15(13-23)18(25)22-17-16(14-7-4-3-5-8-14)21-19-24(17)11-12-28-19/h3-5,7-8,11-12,15H,2,6,9-10,13H2,1H3,(H,22,25)/t15-/m0/s1. The van der Waals surface area contributed by atoms with E-state index < -0.39 is 0 Å². The first kappa shape index (κ1) is 18.5. The number of ether oxygens (including phenoxy) is 1. The second-order valence-corrected chi connectivity index (χ2v) is 7.58. The average Bonchev–Trinajstić information content (AvgIpc) is 3.31. The van der Waals surface area contributed by atoms with Crippen LogP contribution in [0.3, 0.4) is 0 Å². The molecule has 3 aromatic rings. The minimum absolute atomic E-state index is 0.0980. The summed E-state index contributed by atoms with van der Waals surface area (Å²) in [6.07, 6.45) is 3.08. The SMILES string of the molecule is CCOC(=O)N1CCC[C@H](C(=O)Nc2c(-c3ccccc3)nc3sccn23)C1. The molecule has 1 aliphatic heterocycles. The Morgan fingerprint density at radius 3 is 2.93 bits per heavy atom. The van der Waals surface area contributed by atoms with Gasteiger partial charge >= 0.3 is 6.09 Å². The lowest BCUT2D eigenvalue weighted by atomic mass is 9.97. The smallest absolute Gasteiger partial charge is 0.409 e. The first-order valence-corrected chi connectivity index (χ1v) is 10.3. The van der Waals surface area contributed by atoms with Crippen LogP contribution in [0.15, 0.2) is 41.9 Å². The molecule has 1 aromatic carbocycles. The summed E-state index contributed by atoms with van der Waals surface area (Å²) in [6, 6.07) is 9.81. The van der Waals surface area contributed by atoms with E-state index in [-0.39, 0.29) is 17.9 Å². The molecule has 0 radical (unpaired) electrons. The Balaban J connectivity index is 1.57. The maximum absolute atomic E-state index is 13.0. The second kappa shape index (κ2) is 8.02. The number of nitrogens with zero attached hydrogens (tertiary/aromatic N) is 3. The number of likely N-dealkylation sites (tertiary alicyclic amines) is 1. The molecule has 2 amide bonds. The highest BCUT2D eigenvalue weighted by molar-refractivity contribution is 7.15. The van der Waals surface area contributed by atoms with Gasteiger partial charge in [-0.15, -0.1) is 11.3 Å². The highest BCUT2D eigenvalue weighted by atomic mass is 32.1. The van der Waals surface area contributed by atoms with Gasteiger partial charge in [0.05, 0.1) is 12.5 Å². The largest absolute Gasteiger partial charge is 0.450 e. The van der Waals surface area contributed by atoms with Crippen LogP contribution < -0.4 is 5.32 Å². The summed E-state index contributed by atoms with van der Waals surface area (Å²) in [6.45, 7) is 3.11. The summed E-state index contributed by atoms with van der Waals surface area (Å²) in [5.41, 5.74) is 1.70. The van der Waals surface area contributed by atoms with Gasteiger partial charge < -0.3 is 15.0 Å². The highest BCUT2D eigenvalue weighted by Gasteiger charge is 2.30. The third-order valence-corrected chi connectivity index (χ3v) is 5.63. The van der Waals surface area contributed by atoms with Gasteiger partial charge in [0.15, 0.2) is 4.96 Å². The molecule has 3 heterocycles. The fraction of sp³-hybridized carbons (Fsp3) is 0.350. The first-order valence-electron chi connectivity index (χ1n) is 9.41. The number of thiazole rings is 1. The average molecular weight is 398 g/mol. The number of amides is 2. The number of anilines is 1. The molecule has 0 unspecified atom stereocenters. The number of imidazole rings is 1. The number of benzene rings is 1. The number of hydrogen-bond donors (Lipinski definition) is 1. The number of piperidine rings is 1. The van der Waals surface area contributed by atoms with Gasteiger partial charge in [-0.3, -0.25) is 9.20 Å².